The van der Waals surface area contributed by atoms with Gasteiger partial charge in [0.15, 0.2) is 0 Å². The van der Waals surface area contributed by atoms with Gasteiger partial charge in [-0.3, -0.25) is 14.3 Å². The van der Waals surface area contributed by atoms with E-state index < -0.39 is 0 Å². The highest BCUT2D eigenvalue weighted by Gasteiger charge is 2.14. The maximum absolute atomic E-state index is 12.5. The molecule has 2 aromatic heterocycles. The lowest BCUT2D eigenvalue weighted by Crippen LogP contribution is -2.37. The molecule has 6 heteroatoms. The molecule has 0 bridgehead atoms. The summed E-state index contributed by atoms with van der Waals surface area (Å²) < 4.78 is 3.13. The van der Waals surface area contributed by atoms with Crippen molar-refractivity contribution in [2.45, 2.75) is 53.2 Å². The number of carbonyl (C=O) groups excluding carboxylic acids is 1. The first-order valence-corrected chi connectivity index (χ1v) is 7.33. The van der Waals surface area contributed by atoms with Gasteiger partial charge in [-0.25, -0.2) is 0 Å². The fraction of sp³-hybridized carbons (Fsp3) is 0.533. The Labute approximate surface area is 123 Å². The number of hydrogen-bond acceptors (Lipinski definition) is 3. The summed E-state index contributed by atoms with van der Waals surface area (Å²) in [4.78, 5) is 24.5. The monoisotopic (exact) mass is 290 g/mol. The lowest BCUT2D eigenvalue weighted by molar-refractivity contribution is -0.122. The summed E-state index contributed by atoms with van der Waals surface area (Å²) in [6.07, 6.45) is 2.52. The smallest absolute Gasteiger partial charge is 0.277 e. The molecular formula is C15H22N4O2. The lowest BCUT2D eigenvalue weighted by atomic mass is 10.2. The number of pyridine rings is 1. The number of aryl methyl sites for hydroxylation is 2. The normalized spacial score (nSPS) is 12.6. The molecule has 2 rings (SSSR count). The van der Waals surface area contributed by atoms with Crippen LogP contribution < -0.4 is 10.9 Å². The maximum Gasteiger partial charge on any atom is 0.277 e. The number of nitrogens with one attached hydrogen (secondary N) is 1. The SMILES string of the molecule is CC[C@@H](C)NC(=O)Cn1ccc2c(C)nn(CC)c2c1=O. The summed E-state index contributed by atoms with van der Waals surface area (Å²) in [6, 6.07) is 1.96. The van der Waals surface area contributed by atoms with Gasteiger partial charge in [0.25, 0.3) is 5.56 Å². The Morgan fingerprint density at radius 2 is 2.14 bits per heavy atom. The summed E-state index contributed by atoms with van der Waals surface area (Å²) in [5.41, 5.74) is 1.23. The van der Waals surface area contributed by atoms with Crippen LogP contribution in [0.1, 0.15) is 32.9 Å². The third-order valence-corrected chi connectivity index (χ3v) is 3.69. The molecule has 114 valence electrons. The summed E-state index contributed by atoms with van der Waals surface area (Å²) in [5, 5.41) is 8.07. The van der Waals surface area contributed by atoms with Crippen LogP contribution in [-0.4, -0.2) is 26.3 Å². The predicted molar refractivity (Wildman–Crippen MR) is 82.3 cm³/mol. The zero-order chi connectivity index (χ0) is 15.6. The number of hydrogen-bond donors (Lipinski definition) is 1. The Bertz CT molecular complexity index is 714. The molecule has 0 spiro atoms. The third kappa shape index (κ3) is 2.99. The zero-order valence-corrected chi connectivity index (χ0v) is 13.0. The average molecular weight is 290 g/mol. The second-order valence-corrected chi connectivity index (χ2v) is 5.29. The fourth-order valence-corrected chi connectivity index (χ4v) is 2.32. The second kappa shape index (κ2) is 6.11. The number of nitrogens with zero attached hydrogens (tertiary/aromatic N) is 3. The van der Waals surface area contributed by atoms with Gasteiger partial charge in [-0.05, 0) is 33.3 Å². The molecule has 0 aliphatic heterocycles. The van der Waals surface area contributed by atoms with E-state index in [-0.39, 0.29) is 24.1 Å². The van der Waals surface area contributed by atoms with E-state index >= 15 is 0 Å². The van der Waals surface area contributed by atoms with E-state index in [4.69, 9.17) is 0 Å². The van der Waals surface area contributed by atoms with E-state index in [1.807, 2.05) is 33.8 Å². The summed E-state index contributed by atoms with van der Waals surface area (Å²) in [6.45, 7) is 8.44. The fourth-order valence-electron chi connectivity index (χ4n) is 2.32. The van der Waals surface area contributed by atoms with Crippen molar-refractivity contribution < 1.29 is 4.79 Å². The third-order valence-electron chi connectivity index (χ3n) is 3.69. The first kappa shape index (κ1) is 15.3. The van der Waals surface area contributed by atoms with Gasteiger partial charge in [0.05, 0.1) is 5.69 Å². The second-order valence-electron chi connectivity index (χ2n) is 5.29. The largest absolute Gasteiger partial charge is 0.352 e. The Kier molecular flexibility index (Phi) is 4.45. The molecule has 2 heterocycles. The molecule has 2 aromatic rings. The van der Waals surface area contributed by atoms with E-state index in [1.54, 1.807) is 10.9 Å². The lowest BCUT2D eigenvalue weighted by Gasteiger charge is -2.12. The molecule has 1 amide bonds. The van der Waals surface area contributed by atoms with Gasteiger partial charge in [0.2, 0.25) is 5.91 Å². The number of amides is 1. The van der Waals surface area contributed by atoms with Crippen molar-refractivity contribution in [1.82, 2.24) is 19.7 Å². The quantitative estimate of drug-likeness (QED) is 0.906. The van der Waals surface area contributed by atoms with Crippen molar-refractivity contribution in [1.29, 1.82) is 0 Å². The van der Waals surface area contributed by atoms with Crippen LogP contribution in [0.4, 0.5) is 0 Å². The summed E-state index contributed by atoms with van der Waals surface area (Å²) in [7, 11) is 0. The van der Waals surface area contributed by atoms with E-state index in [0.29, 0.717) is 12.1 Å². The Morgan fingerprint density at radius 1 is 1.43 bits per heavy atom. The molecule has 0 saturated carbocycles. The van der Waals surface area contributed by atoms with Gasteiger partial charge < -0.3 is 9.88 Å². The first-order valence-electron chi connectivity index (χ1n) is 7.33. The number of fused-ring (bicyclic) bond motifs is 1. The van der Waals surface area contributed by atoms with Crippen molar-refractivity contribution >= 4 is 16.8 Å². The van der Waals surface area contributed by atoms with E-state index in [0.717, 1.165) is 17.5 Å². The van der Waals surface area contributed by atoms with Gasteiger partial charge in [-0.1, -0.05) is 6.92 Å². The molecule has 1 atom stereocenters. The van der Waals surface area contributed by atoms with Crippen molar-refractivity contribution in [3.63, 3.8) is 0 Å². The molecule has 21 heavy (non-hydrogen) atoms. The van der Waals surface area contributed by atoms with Crippen molar-refractivity contribution in [2.24, 2.45) is 0 Å². The molecule has 0 aliphatic carbocycles. The van der Waals surface area contributed by atoms with Crippen LogP contribution in [0.2, 0.25) is 0 Å². The Morgan fingerprint density at radius 3 is 2.76 bits per heavy atom. The van der Waals surface area contributed by atoms with E-state index in [1.165, 1.54) is 4.57 Å². The number of aromatic nitrogens is 3. The van der Waals surface area contributed by atoms with Crippen molar-refractivity contribution in [2.75, 3.05) is 0 Å². The van der Waals surface area contributed by atoms with Gasteiger partial charge in [-0.15, -0.1) is 0 Å². The molecule has 0 fully saturated rings. The molecule has 0 saturated heterocycles. The summed E-state index contributed by atoms with van der Waals surface area (Å²) in [5.74, 6) is -0.148. The summed E-state index contributed by atoms with van der Waals surface area (Å²) >= 11 is 0. The van der Waals surface area contributed by atoms with Crippen molar-refractivity contribution in [3.8, 4) is 0 Å². The molecule has 6 nitrogen and oxygen atoms in total. The van der Waals surface area contributed by atoms with Gasteiger partial charge in [-0.2, -0.15) is 5.10 Å². The number of carbonyl (C=O) groups is 1. The van der Waals surface area contributed by atoms with Crippen LogP contribution in [0, 0.1) is 6.92 Å². The molecule has 0 unspecified atom stereocenters. The van der Waals surface area contributed by atoms with Crippen LogP contribution in [0.5, 0.6) is 0 Å². The predicted octanol–water partition coefficient (Wildman–Crippen LogP) is 1.44. The van der Waals surface area contributed by atoms with Gasteiger partial charge in [0.1, 0.15) is 12.1 Å². The average Bonchev–Trinajstić information content (AvgIpc) is 2.79. The van der Waals surface area contributed by atoms with Gasteiger partial charge in [0, 0.05) is 24.2 Å². The topological polar surface area (TPSA) is 68.9 Å². The van der Waals surface area contributed by atoms with Gasteiger partial charge >= 0.3 is 0 Å². The van der Waals surface area contributed by atoms with Crippen LogP contribution in [0.25, 0.3) is 10.9 Å². The minimum Gasteiger partial charge on any atom is -0.352 e. The first-order chi connectivity index (χ1) is 9.97. The molecule has 0 aliphatic rings. The highest BCUT2D eigenvalue weighted by atomic mass is 16.2. The number of rotatable bonds is 5. The minimum atomic E-state index is -0.172. The van der Waals surface area contributed by atoms with Crippen molar-refractivity contribution in [3.05, 3.63) is 28.3 Å². The van der Waals surface area contributed by atoms with Crippen LogP contribution in [0.3, 0.4) is 0 Å². The molecule has 1 N–H and O–H groups in total. The highest BCUT2D eigenvalue weighted by Crippen LogP contribution is 2.13. The van der Waals surface area contributed by atoms with Crippen LogP contribution in [-0.2, 0) is 17.9 Å². The van der Waals surface area contributed by atoms with E-state index in [9.17, 15) is 9.59 Å². The standard InChI is InChI=1S/C15H22N4O2/c1-5-10(3)16-13(20)9-18-8-7-12-11(4)17-19(6-2)14(12)15(18)21/h7-8,10H,5-6,9H2,1-4H3,(H,16,20)/t10-/m1/s1. The molecule has 0 radical (unpaired) electrons. The molecule has 0 aromatic carbocycles. The maximum atomic E-state index is 12.5. The minimum absolute atomic E-state index is 0.0348. The highest BCUT2D eigenvalue weighted by molar-refractivity contribution is 5.81. The Balaban J connectivity index is 2.36. The Hall–Kier alpha value is -2.11. The van der Waals surface area contributed by atoms with Crippen LogP contribution in [0.15, 0.2) is 17.1 Å². The van der Waals surface area contributed by atoms with Crippen LogP contribution >= 0.6 is 0 Å². The molecular weight excluding hydrogens is 268 g/mol. The van der Waals surface area contributed by atoms with E-state index in [2.05, 4.69) is 10.4 Å². The zero-order valence-electron chi connectivity index (χ0n) is 13.0.